The van der Waals surface area contributed by atoms with Gasteiger partial charge in [0.2, 0.25) is 0 Å². The minimum Gasteiger partial charge on any atom is -0.388 e. The zero-order valence-corrected chi connectivity index (χ0v) is 10.4. The van der Waals surface area contributed by atoms with E-state index in [0.717, 1.165) is 25.8 Å². The third-order valence-electron chi connectivity index (χ3n) is 3.43. The average molecular weight is 235 g/mol. The Hall–Kier alpha value is -0.900. The van der Waals surface area contributed by atoms with E-state index in [1.54, 1.807) is 7.11 Å². The standard InChI is InChI=1S/C14H21NO2/c1-17-9-8-15-11-14(16)7-6-12-4-2-3-5-13(12)10-14/h2-5,15-16H,6-11H2,1H3. The smallest absolute Gasteiger partial charge is 0.0814 e. The first kappa shape index (κ1) is 12.6. The molecule has 0 fully saturated rings. The van der Waals surface area contributed by atoms with Crippen molar-refractivity contribution in [2.24, 2.45) is 0 Å². The number of methoxy groups -OCH3 is 1. The van der Waals surface area contributed by atoms with E-state index in [-0.39, 0.29) is 0 Å². The van der Waals surface area contributed by atoms with Crippen molar-refractivity contribution in [1.82, 2.24) is 5.32 Å². The van der Waals surface area contributed by atoms with Crippen molar-refractivity contribution in [3.8, 4) is 0 Å². The third kappa shape index (κ3) is 3.28. The lowest BCUT2D eigenvalue weighted by Gasteiger charge is -2.33. The molecule has 1 atom stereocenters. The maximum absolute atomic E-state index is 10.5. The Bertz CT molecular complexity index is 367. The molecule has 1 aromatic rings. The van der Waals surface area contributed by atoms with Gasteiger partial charge in [0.05, 0.1) is 12.2 Å². The largest absolute Gasteiger partial charge is 0.388 e. The third-order valence-corrected chi connectivity index (χ3v) is 3.43. The van der Waals surface area contributed by atoms with Crippen molar-refractivity contribution in [3.05, 3.63) is 35.4 Å². The van der Waals surface area contributed by atoms with E-state index in [9.17, 15) is 5.11 Å². The SMILES string of the molecule is COCCNCC1(O)CCc2ccccc2C1. The van der Waals surface area contributed by atoms with Crippen LogP contribution in [0.5, 0.6) is 0 Å². The van der Waals surface area contributed by atoms with Gasteiger partial charge in [-0.1, -0.05) is 24.3 Å². The van der Waals surface area contributed by atoms with Gasteiger partial charge in [-0.25, -0.2) is 0 Å². The fourth-order valence-electron chi connectivity index (χ4n) is 2.43. The van der Waals surface area contributed by atoms with E-state index >= 15 is 0 Å². The van der Waals surface area contributed by atoms with Gasteiger partial charge < -0.3 is 15.2 Å². The molecule has 0 heterocycles. The van der Waals surface area contributed by atoms with Crippen LogP contribution in [0.4, 0.5) is 0 Å². The van der Waals surface area contributed by atoms with Crippen LogP contribution in [-0.4, -0.2) is 37.5 Å². The molecule has 2 rings (SSSR count). The normalized spacial score (nSPS) is 23.4. The molecule has 17 heavy (non-hydrogen) atoms. The van der Waals surface area contributed by atoms with Gasteiger partial charge in [-0.15, -0.1) is 0 Å². The van der Waals surface area contributed by atoms with Gasteiger partial charge in [0.25, 0.3) is 0 Å². The van der Waals surface area contributed by atoms with Crippen molar-refractivity contribution < 1.29 is 9.84 Å². The monoisotopic (exact) mass is 235 g/mol. The number of rotatable bonds is 5. The summed E-state index contributed by atoms with van der Waals surface area (Å²) in [6, 6.07) is 8.39. The fraction of sp³-hybridized carbons (Fsp3) is 0.571. The molecule has 0 saturated heterocycles. The van der Waals surface area contributed by atoms with Gasteiger partial charge in [-0.2, -0.15) is 0 Å². The Balaban J connectivity index is 1.91. The summed E-state index contributed by atoms with van der Waals surface area (Å²) in [4.78, 5) is 0. The number of ether oxygens (including phenoxy) is 1. The molecule has 0 spiro atoms. The second-order valence-electron chi connectivity index (χ2n) is 4.84. The molecular formula is C14H21NO2. The highest BCUT2D eigenvalue weighted by Crippen LogP contribution is 2.28. The number of aryl methyl sites for hydroxylation is 1. The Kier molecular flexibility index (Phi) is 4.15. The van der Waals surface area contributed by atoms with Crippen LogP contribution in [0, 0.1) is 0 Å². The summed E-state index contributed by atoms with van der Waals surface area (Å²) >= 11 is 0. The lowest BCUT2D eigenvalue weighted by Crippen LogP contribution is -2.45. The van der Waals surface area contributed by atoms with Gasteiger partial charge >= 0.3 is 0 Å². The van der Waals surface area contributed by atoms with Crippen LogP contribution in [0.1, 0.15) is 17.5 Å². The van der Waals surface area contributed by atoms with Crippen molar-refractivity contribution in [1.29, 1.82) is 0 Å². The predicted molar refractivity (Wildman–Crippen MR) is 68.2 cm³/mol. The lowest BCUT2D eigenvalue weighted by atomic mass is 9.80. The number of hydrogen-bond acceptors (Lipinski definition) is 3. The minimum absolute atomic E-state index is 0.595. The first-order valence-electron chi connectivity index (χ1n) is 6.22. The summed E-state index contributed by atoms with van der Waals surface area (Å²) in [6.07, 6.45) is 2.56. The van der Waals surface area contributed by atoms with Gasteiger partial charge in [-0.3, -0.25) is 0 Å². The molecule has 1 unspecified atom stereocenters. The van der Waals surface area contributed by atoms with E-state index in [0.29, 0.717) is 13.2 Å². The molecule has 0 aromatic heterocycles. The first-order chi connectivity index (χ1) is 8.23. The van der Waals surface area contributed by atoms with Crippen molar-refractivity contribution in [2.75, 3.05) is 26.8 Å². The zero-order valence-electron chi connectivity index (χ0n) is 10.4. The number of nitrogens with one attached hydrogen (secondary N) is 1. The Morgan fingerprint density at radius 3 is 2.88 bits per heavy atom. The Morgan fingerprint density at radius 1 is 1.35 bits per heavy atom. The van der Waals surface area contributed by atoms with E-state index in [2.05, 4.69) is 23.5 Å². The predicted octanol–water partition coefficient (Wildman–Crippen LogP) is 1.14. The number of hydrogen-bond donors (Lipinski definition) is 2. The van der Waals surface area contributed by atoms with Gasteiger partial charge in [0, 0.05) is 26.6 Å². The molecule has 0 radical (unpaired) electrons. The van der Waals surface area contributed by atoms with Gasteiger partial charge in [-0.05, 0) is 24.0 Å². The Morgan fingerprint density at radius 2 is 2.12 bits per heavy atom. The first-order valence-corrected chi connectivity index (χ1v) is 6.22. The highest BCUT2D eigenvalue weighted by molar-refractivity contribution is 5.31. The topological polar surface area (TPSA) is 41.5 Å². The molecule has 0 aliphatic heterocycles. The molecule has 1 aromatic carbocycles. The van der Waals surface area contributed by atoms with Crippen LogP contribution in [0.25, 0.3) is 0 Å². The van der Waals surface area contributed by atoms with E-state index in [1.807, 2.05) is 6.07 Å². The van der Waals surface area contributed by atoms with Gasteiger partial charge in [0.1, 0.15) is 0 Å². The van der Waals surface area contributed by atoms with E-state index in [4.69, 9.17) is 4.74 Å². The van der Waals surface area contributed by atoms with Crippen LogP contribution in [0.15, 0.2) is 24.3 Å². The molecule has 1 aliphatic rings. The van der Waals surface area contributed by atoms with E-state index in [1.165, 1.54) is 11.1 Å². The zero-order chi connectivity index (χ0) is 12.1. The quantitative estimate of drug-likeness (QED) is 0.752. The minimum atomic E-state index is -0.595. The molecule has 2 N–H and O–H groups in total. The second kappa shape index (κ2) is 5.63. The van der Waals surface area contributed by atoms with Gasteiger partial charge in [0.15, 0.2) is 0 Å². The number of aliphatic hydroxyl groups is 1. The van der Waals surface area contributed by atoms with Crippen molar-refractivity contribution in [3.63, 3.8) is 0 Å². The van der Waals surface area contributed by atoms with Crippen LogP contribution in [0.2, 0.25) is 0 Å². The number of benzene rings is 1. The molecular weight excluding hydrogens is 214 g/mol. The lowest BCUT2D eigenvalue weighted by molar-refractivity contribution is 0.0255. The average Bonchev–Trinajstić information content (AvgIpc) is 2.35. The van der Waals surface area contributed by atoms with E-state index < -0.39 is 5.60 Å². The Labute approximate surface area is 103 Å². The fourth-order valence-corrected chi connectivity index (χ4v) is 2.43. The number of fused-ring (bicyclic) bond motifs is 1. The summed E-state index contributed by atoms with van der Waals surface area (Å²) in [5.41, 5.74) is 2.08. The molecule has 94 valence electrons. The van der Waals surface area contributed by atoms with Crippen molar-refractivity contribution in [2.45, 2.75) is 24.9 Å². The van der Waals surface area contributed by atoms with Crippen molar-refractivity contribution >= 4 is 0 Å². The van der Waals surface area contributed by atoms with Crippen LogP contribution in [-0.2, 0) is 17.6 Å². The highest BCUT2D eigenvalue weighted by Gasteiger charge is 2.31. The van der Waals surface area contributed by atoms with Crippen LogP contribution in [0.3, 0.4) is 0 Å². The molecule has 0 saturated carbocycles. The summed E-state index contributed by atoms with van der Waals surface area (Å²) in [5.74, 6) is 0. The van der Waals surface area contributed by atoms with Crippen LogP contribution < -0.4 is 5.32 Å². The summed E-state index contributed by atoms with van der Waals surface area (Å²) in [7, 11) is 1.69. The van der Waals surface area contributed by atoms with Crippen LogP contribution >= 0.6 is 0 Å². The summed E-state index contributed by atoms with van der Waals surface area (Å²) in [6.45, 7) is 2.12. The molecule has 3 heteroatoms. The molecule has 3 nitrogen and oxygen atoms in total. The summed E-state index contributed by atoms with van der Waals surface area (Å²) in [5, 5.41) is 13.8. The maximum atomic E-state index is 10.5. The summed E-state index contributed by atoms with van der Waals surface area (Å²) < 4.78 is 4.98. The molecule has 0 bridgehead atoms. The molecule has 0 amide bonds. The highest BCUT2D eigenvalue weighted by atomic mass is 16.5. The second-order valence-corrected chi connectivity index (χ2v) is 4.84. The molecule has 1 aliphatic carbocycles. The maximum Gasteiger partial charge on any atom is 0.0814 e.